The van der Waals surface area contributed by atoms with Crippen molar-refractivity contribution >= 4 is 22.1 Å². The highest BCUT2D eigenvalue weighted by molar-refractivity contribution is 7.12. The molecule has 25 heavy (non-hydrogen) atoms. The van der Waals surface area contributed by atoms with Crippen LogP contribution < -0.4 is 10.3 Å². The van der Waals surface area contributed by atoms with Gasteiger partial charge in [-0.3, -0.25) is 9.36 Å². The molecule has 0 amide bonds. The monoisotopic (exact) mass is 362 g/mol. The van der Waals surface area contributed by atoms with Gasteiger partial charge in [-0.25, -0.2) is 9.67 Å². The van der Waals surface area contributed by atoms with Crippen molar-refractivity contribution in [2.75, 3.05) is 19.8 Å². The first-order chi connectivity index (χ1) is 12.1. The molecule has 9 heteroatoms. The van der Waals surface area contributed by atoms with Crippen LogP contribution in [0.3, 0.4) is 0 Å². The predicted octanol–water partition coefficient (Wildman–Crippen LogP) is 1.55. The van der Waals surface area contributed by atoms with Gasteiger partial charge in [-0.05, 0) is 13.8 Å². The van der Waals surface area contributed by atoms with E-state index in [4.69, 9.17) is 14.2 Å². The van der Waals surface area contributed by atoms with Crippen LogP contribution in [0.15, 0.2) is 16.4 Å². The summed E-state index contributed by atoms with van der Waals surface area (Å²) in [6.07, 6.45) is 1.34. The summed E-state index contributed by atoms with van der Waals surface area (Å²) in [6.45, 7) is 5.19. The van der Waals surface area contributed by atoms with Crippen LogP contribution in [-0.2, 0) is 16.5 Å². The fourth-order valence-corrected chi connectivity index (χ4v) is 3.86. The summed E-state index contributed by atoms with van der Waals surface area (Å²) in [5.74, 6) is 0.395. The molecular weight excluding hydrogens is 344 g/mol. The standard InChI is InChI=1S/C16H18N4O4S/c1-9-12-13(10(2)20(9)16-17-4-7-25-16)15(21)19(3)18-14(12)24-8-11-22-5-6-23-11/h4,7,11H,5-6,8H2,1-3H3. The summed E-state index contributed by atoms with van der Waals surface area (Å²) in [5, 5.41) is 8.30. The Morgan fingerprint density at radius 3 is 2.68 bits per heavy atom. The van der Waals surface area contributed by atoms with Crippen molar-refractivity contribution in [3.05, 3.63) is 33.3 Å². The molecule has 132 valence electrons. The summed E-state index contributed by atoms with van der Waals surface area (Å²) >= 11 is 1.51. The zero-order valence-electron chi connectivity index (χ0n) is 14.2. The normalized spacial score (nSPS) is 15.3. The number of aryl methyl sites for hydroxylation is 3. The van der Waals surface area contributed by atoms with Crippen molar-refractivity contribution in [1.82, 2.24) is 19.3 Å². The summed E-state index contributed by atoms with van der Waals surface area (Å²) in [4.78, 5) is 17.0. The van der Waals surface area contributed by atoms with Crippen LogP contribution in [0.1, 0.15) is 11.4 Å². The second-order valence-electron chi connectivity index (χ2n) is 5.79. The second kappa shape index (κ2) is 6.25. The number of rotatable bonds is 4. The smallest absolute Gasteiger partial charge is 0.276 e. The number of hydrogen-bond donors (Lipinski definition) is 0. The van der Waals surface area contributed by atoms with E-state index >= 15 is 0 Å². The minimum Gasteiger partial charge on any atom is -0.471 e. The largest absolute Gasteiger partial charge is 0.471 e. The van der Waals surface area contributed by atoms with Gasteiger partial charge in [0.15, 0.2) is 11.4 Å². The molecule has 0 N–H and O–H groups in total. The average molecular weight is 362 g/mol. The van der Waals surface area contributed by atoms with Crippen molar-refractivity contribution in [2.24, 2.45) is 7.05 Å². The topological polar surface area (TPSA) is 80.4 Å². The molecule has 0 aliphatic carbocycles. The zero-order chi connectivity index (χ0) is 17.6. The van der Waals surface area contributed by atoms with Crippen LogP contribution in [0.5, 0.6) is 5.88 Å². The van der Waals surface area contributed by atoms with Gasteiger partial charge in [0.25, 0.3) is 5.56 Å². The quantitative estimate of drug-likeness (QED) is 0.701. The Bertz CT molecular complexity index is 971. The van der Waals surface area contributed by atoms with Gasteiger partial charge in [0.2, 0.25) is 5.88 Å². The second-order valence-corrected chi connectivity index (χ2v) is 6.66. The molecule has 0 unspecified atom stereocenters. The molecule has 1 saturated heterocycles. The summed E-state index contributed by atoms with van der Waals surface area (Å²) in [6, 6.07) is 0. The van der Waals surface area contributed by atoms with Crippen LogP contribution in [0.2, 0.25) is 0 Å². The number of fused-ring (bicyclic) bond motifs is 1. The Labute approximate surface area is 147 Å². The first-order valence-corrected chi connectivity index (χ1v) is 8.80. The molecule has 3 aromatic heterocycles. The molecule has 0 saturated carbocycles. The Kier molecular flexibility index (Phi) is 4.06. The van der Waals surface area contributed by atoms with Gasteiger partial charge in [-0.2, -0.15) is 0 Å². The maximum absolute atomic E-state index is 12.7. The highest BCUT2D eigenvalue weighted by atomic mass is 32.1. The molecule has 8 nitrogen and oxygen atoms in total. The summed E-state index contributed by atoms with van der Waals surface area (Å²) < 4.78 is 19.9. The lowest BCUT2D eigenvalue weighted by atomic mass is 10.2. The molecule has 4 heterocycles. The van der Waals surface area contributed by atoms with Crippen LogP contribution in [0.4, 0.5) is 0 Å². The van der Waals surface area contributed by atoms with E-state index in [-0.39, 0.29) is 12.2 Å². The van der Waals surface area contributed by atoms with Crippen molar-refractivity contribution in [3.63, 3.8) is 0 Å². The third kappa shape index (κ3) is 2.64. The Morgan fingerprint density at radius 2 is 2.00 bits per heavy atom. The zero-order valence-corrected chi connectivity index (χ0v) is 15.0. The maximum atomic E-state index is 12.7. The Morgan fingerprint density at radius 1 is 1.28 bits per heavy atom. The molecular formula is C16H18N4O4S. The van der Waals surface area contributed by atoms with E-state index in [0.29, 0.717) is 29.9 Å². The molecule has 1 fully saturated rings. The minimum absolute atomic E-state index is 0.161. The van der Waals surface area contributed by atoms with E-state index in [0.717, 1.165) is 16.5 Å². The van der Waals surface area contributed by atoms with Gasteiger partial charge < -0.3 is 14.2 Å². The fourth-order valence-electron chi connectivity index (χ4n) is 3.12. The number of aromatic nitrogens is 4. The predicted molar refractivity (Wildman–Crippen MR) is 92.6 cm³/mol. The van der Waals surface area contributed by atoms with Crippen molar-refractivity contribution < 1.29 is 14.2 Å². The van der Waals surface area contributed by atoms with Crippen LogP contribution >= 0.6 is 11.3 Å². The van der Waals surface area contributed by atoms with E-state index in [9.17, 15) is 4.79 Å². The first kappa shape index (κ1) is 16.2. The van der Waals surface area contributed by atoms with Gasteiger partial charge in [0.1, 0.15) is 6.61 Å². The molecule has 0 spiro atoms. The number of hydrogen-bond acceptors (Lipinski definition) is 7. The fraction of sp³-hybridized carbons (Fsp3) is 0.438. The molecule has 0 atom stereocenters. The van der Waals surface area contributed by atoms with E-state index in [1.807, 2.05) is 23.8 Å². The van der Waals surface area contributed by atoms with Crippen LogP contribution in [0.25, 0.3) is 15.9 Å². The lowest BCUT2D eigenvalue weighted by Gasteiger charge is -2.12. The molecule has 3 aromatic rings. The minimum atomic E-state index is -0.406. The highest BCUT2D eigenvalue weighted by Crippen LogP contribution is 2.32. The van der Waals surface area contributed by atoms with Gasteiger partial charge >= 0.3 is 0 Å². The SMILES string of the molecule is Cc1c2c(OCC3OCCO3)nn(C)c(=O)c2c(C)n1-c1nccs1. The van der Waals surface area contributed by atoms with Gasteiger partial charge in [0.05, 0.1) is 24.0 Å². The molecule has 4 rings (SSSR count). The van der Waals surface area contributed by atoms with Crippen molar-refractivity contribution in [2.45, 2.75) is 20.1 Å². The van der Waals surface area contributed by atoms with Gasteiger partial charge in [-0.1, -0.05) is 0 Å². The Balaban J connectivity index is 1.87. The third-order valence-electron chi connectivity index (χ3n) is 4.26. The van der Waals surface area contributed by atoms with Crippen molar-refractivity contribution in [1.29, 1.82) is 0 Å². The van der Waals surface area contributed by atoms with Crippen LogP contribution in [-0.4, -0.2) is 45.4 Å². The third-order valence-corrected chi connectivity index (χ3v) is 5.02. The number of ether oxygens (including phenoxy) is 3. The van der Waals surface area contributed by atoms with Crippen molar-refractivity contribution in [3.8, 4) is 11.0 Å². The lowest BCUT2D eigenvalue weighted by Crippen LogP contribution is -2.23. The molecule has 1 aliphatic heterocycles. The van der Waals surface area contributed by atoms with Crippen LogP contribution in [0, 0.1) is 13.8 Å². The molecule has 0 radical (unpaired) electrons. The number of thiazole rings is 1. The van der Waals surface area contributed by atoms with Gasteiger partial charge in [-0.15, -0.1) is 16.4 Å². The molecule has 1 aliphatic rings. The average Bonchev–Trinajstić information content (AvgIpc) is 3.31. The van der Waals surface area contributed by atoms with Gasteiger partial charge in [0, 0.05) is 30.0 Å². The lowest BCUT2D eigenvalue weighted by molar-refractivity contribution is -0.0691. The number of nitrogens with zero attached hydrogens (tertiary/aromatic N) is 4. The van der Waals surface area contributed by atoms with E-state index in [1.54, 1.807) is 13.2 Å². The first-order valence-electron chi connectivity index (χ1n) is 7.92. The van der Waals surface area contributed by atoms with E-state index < -0.39 is 6.29 Å². The van der Waals surface area contributed by atoms with E-state index in [1.165, 1.54) is 16.0 Å². The molecule has 0 bridgehead atoms. The summed E-state index contributed by atoms with van der Waals surface area (Å²) in [7, 11) is 1.62. The van der Waals surface area contributed by atoms with E-state index in [2.05, 4.69) is 10.1 Å². The maximum Gasteiger partial charge on any atom is 0.276 e. The Hall–Kier alpha value is -2.23. The highest BCUT2D eigenvalue weighted by Gasteiger charge is 2.24. The summed E-state index contributed by atoms with van der Waals surface area (Å²) in [5.41, 5.74) is 1.53. The molecule has 0 aromatic carbocycles.